The lowest BCUT2D eigenvalue weighted by molar-refractivity contribution is -0.138. The predicted octanol–water partition coefficient (Wildman–Crippen LogP) is 19.9. The van der Waals surface area contributed by atoms with Crippen LogP contribution in [0.25, 0.3) is 0 Å². The van der Waals surface area contributed by atoms with Gasteiger partial charge in [-0.1, -0.05) is 213 Å². The summed E-state index contributed by atoms with van der Waals surface area (Å²) >= 11 is 0. The Bertz CT molecular complexity index is 1770. The number of nitrogens with one attached hydrogen (secondary N) is 2. The van der Waals surface area contributed by atoms with E-state index in [0.29, 0.717) is 11.8 Å². The highest BCUT2D eigenvalue weighted by Gasteiger charge is 1.96. The van der Waals surface area contributed by atoms with Gasteiger partial charge in [0.05, 0.1) is 7.11 Å². The molecule has 14 heteroatoms. The van der Waals surface area contributed by atoms with Crippen molar-refractivity contribution in [3.05, 3.63) is 114 Å². The second kappa shape index (κ2) is 106. The maximum absolute atomic E-state index is 10.8. The van der Waals surface area contributed by atoms with E-state index in [1.165, 1.54) is 68.5 Å². The van der Waals surface area contributed by atoms with Crippen LogP contribution in [0.4, 0.5) is 5.69 Å². The summed E-state index contributed by atoms with van der Waals surface area (Å²) in [6.07, 6.45) is 4.24. The maximum Gasteiger partial charge on any atom is 0.302 e. The van der Waals surface area contributed by atoms with E-state index in [2.05, 4.69) is 132 Å². The standard InChI is InChI=1S/C9H13N.C9H10O.C7H8.C5H12.C4H9NO.C4H9N.C4H8O.C3H9N.C3H6O2.C3H6O.C3H8.C2H7N.C2H6O2S.C2H4.10CH4/c1-3-10-9-6-4-8(2)5-7-9;1-7-3-5-9(6-4-7)8(2)10;1-7-5-3-2-4-6-7;1-5(2,3)4;1-4(6)5(2)3;1-4(2)5-3;1-3-4(2)5;1-4(2)3;1-3(4)5-2;1-3(2)4;2*1-3-2;1-5(2,3)4;1-2;;;;;;;;;;/h4-7,10H,3H2,1-2H3;3-6H,1-2H3;2-6H,1H3;1-4H3;1-3H3;1-3H3;3H2,1-2H3;1-3H3;1-2H3;1-2H3;3H2,1-2H3;3H,1-2H3;1-2H3;1-2H2;10*1H4. The number of aliphatic imine (C=N–C) groups is 1. The van der Waals surface area contributed by atoms with Gasteiger partial charge in [0.1, 0.15) is 21.4 Å². The van der Waals surface area contributed by atoms with Gasteiger partial charge in [0.2, 0.25) is 5.91 Å². The van der Waals surface area contributed by atoms with Crippen molar-refractivity contribution >= 4 is 50.5 Å². The number of hydrogen-bond acceptors (Lipinski definition) is 12. The van der Waals surface area contributed by atoms with Crippen LogP contribution in [0.3, 0.4) is 0 Å². The highest BCUT2D eigenvalue weighted by atomic mass is 32.2. The topological polar surface area (TPSA) is 172 Å². The summed E-state index contributed by atoms with van der Waals surface area (Å²) < 4.78 is 23.4. The lowest BCUT2D eigenvalue weighted by Gasteiger charge is -2.05. The second-order valence-corrected chi connectivity index (χ2v) is 20.7. The van der Waals surface area contributed by atoms with Gasteiger partial charge >= 0.3 is 5.97 Å². The van der Waals surface area contributed by atoms with Crippen LogP contribution in [-0.2, 0) is 33.8 Å². The Kier molecular flexibility index (Phi) is 180. The summed E-state index contributed by atoms with van der Waals surface area (Å²) in [4.78, 5) is 57.0. The average molecular weight is 1230 g/mol. The molecule has 0 spiro atoms. The Morgan fingerprint density at radius 2 is 0.762 bits per heavy atom. The van der Waals surface area contributed by atoms with Crippen LogP contribution in [0, 0.1) is 26.2 Å². The van der Waals surface area contributed by atoms with E-state index in [-0.39, 0.29) is 103 Å². The maximum atomic E-state index is 10.8. The number of carbonyl (C=O) groups excluding carboxylic acids is 5. The molecule has 0 saturated carbocycles. The summed E-state index contributed by atoms with van der Waals surface area (Å²) in [6.45, 7) is 43.2. The number of ether oxygens (including phenoxy) is 1. The van der Waals surface area contributed by atoms with Crippen molar-refractivity contribution in [2.45, 2.75) is 219 Å². The van der Waals surface area contributed by atoms with E-state index in [1.54, 1.807) is 35.0 Å². The number of anilines is 1. The molecular weight excluding hydrogens is 1070 g/mol. The van der Waals surface area contributed by atoms with E-state index in [1.807, 2.05) is 110 Å². The summed E-state index contributed by atoms with van der Waals surface area (Å²) in [7, 11) is 13.7. The molecule has 3 aromatic carbocycles. The third-order valence-electron chi connectivity index (χ3n) is 5.69. The van der Waals surface area contributed by atoms with Crippen LogP contribution in [0.15, 0.2) is 97.0 Å². The minimum atomic E-state index is -2.67. The van der Waals surface area contributed by atoms with Gasteiger partial charge in [-0.3, -0.25) is 19.4 Å². The molecule has 0 heterocycles. The van der Waals surface area contributed by atoms with Crippen molar-refractivity contribution in [2.75, 3.05) is 87.9 Å². The molecule has 1 amide bonds. The lowest BCUT2D eigenvalue weighted by Crippen LogP contribution is -2.17. The molecule has 0 bridgehead atoms. The molecule has 0 saturated heterocycles. The molecule has 0 aliphatic heterocycles. The molecule has 0 aromatic heterocycles. The first-order valence-electron chi connectivity index (χ1n) is 24.5. The Morgan fingerprint density at radius 3 is 0.881 bits per heavy atom. The molecule has 514 valence electrons. The Morgan fingerprint density at radius 1 is 0.571 bits per heavy atom. The van der Waals surface area contributed by atoms with Gasteiger partial charge in [-0.05, 0) is 122 Å². The molecule has 0 atom stereocenters. The van der Waals surface area contributed by atoms with Crippen LogP contribution in [0.1, 0.15) is 225 Å². The highest BCUT2D eigenvalue weighted by molar-refractivity contribution is 7.89. The smallest absolute Gasteiger partial charge is 0.302 e. The first-order valence-corrected chi connectivity index (χ1v) is 26.8. The Hall–Kier alpha value is -5.31. The quantitative estimate of drug-likeness (QED) is 0.110. The fourth-order valence-corrected chi connectivity index (χ4v) is 2.20. The number of aryl methyl sites for hydroxylation is 3. The van der Waals surface area contributed by atoms with Crippen LogP contribution in [0.5, 0.6) is 0 Å². The number of sulfone groups is 1. The van der Waals surface area contributed by atoms with Crippen LogP contribution < -0.4 is 10.6 Å². The van der Waals surface area contributed by atoms with E-state index in [0.717, 1.165) is 30.3 Å². The Labute approximate surface area is 531 Å². The number of ketones is 3. The molecule has 0 radical (unpaired) electrons. The normalized spacial score (nSPS) is 7.42. The van der Waals surface area contributed by atoms with Crippen molar-refractivity contribution < 1.29 is 37.1 Å². The van der Waals surface area contributed by atoms with Crippen molar-refractivity contribution in [2.24, 2.45) is 10.4 Å². The molecule has 2 N–H and O–H groups in total. The fourth-order valence-electron chi connectivity index (χ4n) is 2.20. The van der Waals surface area contributed by atoms with E-state index in [4.69, 9.17) is 0 Å². The predicted molar refractivity (Wildman–Crippen MR) is 397 cm³/mol. The van der Waals surface area contributed by atoms with Crippen molar-refractivity contribution in [1.82, 2.24) is 15.1 Å². The average Bonchev–Trinajstić information content (AvgIpc) is 3.26. The largest absolute Gasteiger partial charge is 0.469 e. The zero-order valence-electron chi connectivity index (χ0n) is 53.1. The molecule has 3 rings (SSSR count). The van der Waals surface area contributed by atoms with Crippen molar-refractivity contribution in [3.63, 3.8) is 0 Å². The van der Waals surface area contributed by atoms with Crippen molar-refractivity contribution in [3.8, 4) is 0 Å². The minimum Gasteiger partial charge on any atom is -0.469 e. The number of rotatable bonds is 4. The number of amides is 1. The molecule has 0 fully saturated rings. The van der Waals surface area contributed by atoms with Crippen LogP contribution >= 0.6 is 0 Å². The molecule has 0 aliphatic carbocycles. The number of benzene rings is 3. The van der Waals surface area contributed by atoms with E-state index in [9.17, 15) is 32.4 Å². The molecule has 0 unspecified atom stereocenters. The number of methoxy groups -OCH3 is 1. The van der Waals surface area contributed by atoms with Gasteiger partial charge in [-0.2, -0.15) is 0 Å². The van der Waals surface area contributed by atoms with Crippen molar-refractivity contribution in [1.29, 1.82) is 0 Å². The fraction of sp³-hybridized carbons (Fsp3) is 0.629. The van der Waals surface area contributed by atoms with Gasteiger partial charge in [-0.25, -0.2) is 8.42 Å². The number of hydrogen-bond donors (Lipinski definition) is 2. The van der Waals surface area contributed by atoms with Crippen LogP contribution in [-0.4, -0.2) is 136 Å². The zero-order valence-corrected chi connectivity index (χ0v) is 53.9. The minimum absolute atomic E-state index is 0. The Balaban J connectivity index is -0.0000000270. The van der Waals surface area contributed by atoms with Crippen LogP contribution in [0.2, 0.25) is 0 Å². The zero-order chi connectivity index (χ0) is 61.6. The third-order valence-corrected chi connectivity index (χ3v) is 5.69. The SMILES string of the molecule is C.C.C.C.C.C.C.C.C.C.C=C.CC(=O)N(C)C.CC(=O)c1ccc(C)cc1.CC(C)(C)C.CC(C)=O.CCC.CCC(C)=O.CCNc1ccc(C)cc1.CN(C)C.CN=C(C)C.CNC.COC(C)=O.CS(C)(=O)=O.Cc1ccccc1. The molecule has 84 heavy (non-hydrogen) atoms. The van der Waals surface area contributed by atoms with Gasteiger partial charge in [0.15, 0.2) is 5.78 Å². The number of Topliss-reactive ketones (excluding diaryl/α,β-unsaturated/α-hetero) is 3. The molecule has 13 nitrogen and oxygen atoms in total. The third kappa shape index (κ3) is 279. The number of esters is 1. The summed E-state index contributed by atoms with van der Waals surface area (Å²) in [5, 5.41) is 5.98. The first kappa shape index (κ1) is 143. The molecular formula is C70H155N5O8S. The summed E-state index contributed by atoms with van der Waals surface area (Å²) in [5.74, 6) is 0.394. The first-order chi connectivity index (χ1) is 33.7. The van der Waals surface area contributed by atoms with E-state index >= 15 is 0 Å². The van der Waals surface area contributed by atoms with E-state index < -0.39 is 9.84 Å². The van der Waals surface area contributed by atoms with Gasteiger partial charge in [-0.15, -0.1) is 13.2 Å². The molecule has 3 aromatic rings. The lowest BCUT2D eigenvalue weighted by atomic mass is 10.0. The summed E-state index contributed by atoms with van der Waals surface area (Å²) in [6, 6.07) is 26.2. The number of nitrogens with zero attached hydrogens (tertiary/aromatic N) is 3. The highest BCUT2D eigenvalue weighted by Crippen LogP contribution is 2.08. The summed E-state index contributed by atoms with van der Waals surface area (Å²) in [5.41, 5.74) is 7.43. The number of carbonyl (C=O) groups is 5. The monoisotopic (exact) mass is 1230 g/mol. The molecule has 0 aliphatic rings. The van der Waals surface area contributed by atoms with Gasteiger partial charge < -0.3 is 34.8 Å². The van der Waals surface area contributed by atoms with Gasteiger partial charge in [0.25, 0.3) is 0 Å². The second-order valence-electron chi connectivity index (χ2n) is 18.4. The van der Waals surface area contributed by atoms with Gasteiger partial charge in [0, 0.05) is 77.4 Å².